The van der Waals surface area contributed by atoms with Crippen molar-refractivity contribution in [3.8, 4) is 5.75 Å². The van der Waals surface area contributed by atoms with Gasteiger partial charge in [-0.2, -0.15) is 0 Å². The summed E-state index contributed by atoms with van der Waals surface area (Å²) in [5.74, 6) is -0.157. The summed E-state index contributed by atoms with van der Waals surface area (Å²) in [5, 5.41) is 0. The van der Waals surface area contributed by atoms with Crippen molar-refractivity contribution in [3.63, 3.8) is 0 Å². The fourth-order valence-corrected chi connectivity index (χ4v) is 3.54. The van der Waals surface area contributed by atoms with Crippen molar-refractivity contribution in [1.29, 1.82) is 0 Å². The lowest BCUT2D eigenvalue weighted by Gasteiger charge is -2.36. The van der Waals surface area contributed by atoms with Gasteiger partial charge in [0.1, 0.15) is 11.6 Å². The van der Waals surface area contributed by atoms with Gasteiger partial charge in [0.05, 0.1) is 18.0 Å². The molecule has 0 radical (unpaired) electrons. The Labute approximate surface area is 120 Å². The Hall–Kier alpha value is -1.30. The molecule has 0 unspecified atom stereocenters. The Morgan fingerprint density at radius 3 is 2.20 bits per heavy atom. The van der Waals surface area contributed by atoms with Crippen molar-refractivity contribution in [2.24, 2.45) is 0 Å². The highest BCUT2D eigenvalue weighted by molar-refractivity contribution is 7.92. The van der Waals surface area contributed by atoms with Gasteiger partial charge in [0.2, 0.25) is 10.0 Å². The minimum atomic E-state index is -3.56. The van der Waals surface area contributed by atoms with Crippen LogP contribution in [-0.2, 0) is 10.0 Å². The van der Waals surface area contributed by atoms with E-state index in [1.807, 2.05) is 13.8 Å². The van der Waals surface area contributed by atoms with Crippen LogP contribution in [0.1, 0.15) is 34.6 Å². The van der Waals surface area contributed by atoms with Crippen LogP contribution in [0.25, 0.3) is 0 Å². The lowest BCUT2D eigenvalue weighted by atomic mass is 10.1. The van der Waals surface area contributed by atoms with Crippen LogP contribution in [0.3, 0.4) is 0 Å². The molecule has 4 nitrogen and oxygen atoms in total. The maximum atomic E-state index is 13.5. The van der Waals surface area contributed by atoms with E-state index in [0.717, 1.165) is 6.26 Å². The summed E-state index contributed by atoms with van der Waals surface area (Å²) >= 11 is 0. The molecule has 0 aliphatic rings. The summed E-state index contributed by atoms with van der Waals surface area (Å²) in [6.45, 7) is 8.90. The van der Waals surface area contributed by atoms with Crippen LogP contribution in [0.5, 0.6) is 5.75 Å². The largest absolute Gasteiger partial charge is 0.489 e. The van der Waals surface area contributed by atoms with E-state index in [1.165, 1.54) is 22.5 Å². The first-order valence-electron chi connectivity index (χ1n) is 6.39. The molecule has 0 bridgehead atoms. The number of hydrogen-bond donors (Lipinski definition) is 0. The number of rotatable bonds is 4. The highest BCUT2D eigenvalue weighted by atomic mass is 32.2. The molecule has 0 N–H and O–H groups in total. The average Bonchev–Trinajstić information content (AvgIpc) is 2.17. The predicted molar refractivity (Wildman–Crippen MR) is 79.2 cm³/mol. The Balaban J connectivity index is 3.51. The van der Waals surface area contributed by atoms with Crippen LogP contribution < -0.4 is 9.04 Å². The molecule has 0 heterocycles. The molecule has 0 aliphatic heterocycles. The van der Waals surface area contributed by atoms with Crippen LogP contribution in [0.4, 0.5) is 10.1 Å². The van der Waals surface area contributed by atoms with Crippen LogP contribution in [0.2, 0.25) is 0 Å². The normalized spacial score (nSPS) is 12.6. The van der Waals surface area contributed by atoms with Crippen molar-refractivity contribution < 1.29 is 17.5 Å². The molecule has 0 atom stereocenters. The van der Waals surface area contributed by atoms with E-state index in [-0.39, 0.29) is 11.8 Å². The molecular formula is C14H22FNO3S. The summed E-state index contributed by atoms with van der Waals surface area (Å²) in [6, 6.07) is 3.89. The van der Waals surface area contributed by atoms with Gasteiger partial charge in [0, 0.05) is 11.6 Å². The van der Waals surface area contributed by atoms with Gasteiger partial charge in [-0.3, -0.25) is 4.31 Å². The number of hydrogen-bond acceptors (Lipinski definition) is 3. The molecule has 0 aromatic heterocycles. The minimum absolute atomic E-state index is 0.138. The molecule has 6 heteroatoms. The van der Waals surface area contributed by atoms with Gasteiger partial charge in [-0.15, -0.1) is 0 Å². The smallest absolute Gasteiger partial charge is 0.232 e. The van der Waals surface area contributed by atoms with E-state index in [2.05, 4.69) is 0 Å². The van der Waals surface area contributed by atoms with E-state index in [0.29, 0.717) is 5.75 Å². The first kappa shape index (κ1) is 16.8. The monoisotopic (exact) mass is 303 g/mol. The maximum absolute atomic E-state index is 13.5. The highest BCUT2D eigenvalue weighted by Gasteiger charge is 2.32. The van der Waals surface area contributed by atoms with Gasteiger partial charge in [-0.05, 0) is 46.8 Å². The molecule has 114 valence electrons. The molecule has 0 saturated carbocycles. The third-order valence-corrected chi connectivity index (χ3v) is 3.85. The number of anilines is 1. The van der Waals surface area contributed by atoms with E-state index >= 15 is 0 Å². The Morgan fingerprint density at radius 1 is 1.25 bits per heavy atom. The van der Waals surface area contributed by atoms with Gasteiger partial charge in [0.15, 0.2) is 0 Å². The van der Waals surface area contributed by atoms with Crippen molar-refractivity contribution in [2.75, 3.05) is 10.6 Å². The zero-order valence-corrected chi connectivity index (χ0v) is 13.6. The highest BCUT2D eigenvalue weighted by Crippen LogP contribution is 2.36. The number of nitrogens with zero attached hydrogens (tertiary/aromatic N) is 1. The second kappa shape index (κ2) is 5.60. The summed E-state index contributed by atoms with van der Waals surface area (Å²) in [4.78, 5) is 0. The molecule has 0 fully saturated rings. The topological polar surface area (TPSA) is 46.6 Å². The van der Waals surface area contributed by atoms with Crippen LogP contribution >= 0.6 is 0 Å². The predicted octanol–water partition coefficient (Wildman–Crippen LogP) is 3.18. The third-order valence-electron chi connectivity index (χ3n) is 2.44. The molecule has 1 rings (SSSR count). The fourth-order valence-electron chi connectivity index (χ4n) is 2.04. The number of halogens is 1. The van der Waals surface area contributed by atoms with E-state index < -0.39 is 21.4 Å². The third kappa shape index (κ3) is 4.10. The molecule has 1 aromatic rings. The van der Waals surface area contributed by atoms with Crippen LogP contribution in [-0.4, -0.2) is 26.3 Å². The average molecular weight is 303 g/mol. The molecule has 0 spiro atoms. The molecule has 0 aliphatic carbocycles. The molecule has 0 amide bonds. The SMILES string of the molecule is CC(C)Oc1ccc(F)cc1N(C(C)(C)C)S(C)(=O)=O. The van der Waals surface area contributed by atoms with Crippen molar-refractivity contribution in [2.45, 2.75) is 46.3 Å². The van der Waals surface area contributed by atoms with Gasteiger partial charge in [0.25, 0.3) is 0 Å². The van der Waals surface area contributed by atoms with Crippen molar-refractivity contribution >= 4 is 15.7 Å². The minimum Gasteiger partial charge on any atom is -0.489 e. The molecule has 20 heavy (non-hydrogen) atoms. The number of ether oxygens (including phenoxy) is 1. The second-order valence-corrected chi connectivity index (χ2v) is 7.81. The first-order valence-corrected chi connectivity index (χ1v) is 8.24. The van der Waals surface area contributed by atoms with Crippen molar-refractivity contribution in [1.82, 2.24) is 0 Å². The summed E-state index contributed by atoms with van der Waals surface area (Å²) in [5.41, 5.74) is -0.509. The first-order chi connectivity index (χ1) is 8.93. The van der Waals surface area contributed by atoms with Crippen LogP contribution in [0.15, 0.2) is 18.2 Å². The lowest BCUT2D eigenvalue weighted by Crippen LogP contribution is -2.45. The molecule has 1 aromatic carbocycles. The Morgan fingerprint density at radius 2 is 1.80 bits per heavy atom. The Bertz CT molecular complexity index is 577. The number of benzene rings is 1. The van der Waals surface area contributed by atoms with Crippen LogP contribution in [0, 0.1) is 5.82 Å². The summed E-state index contributed by atoms with van der Waals surface area (Å²) < 4.78 is 44.5. The standard InChI is InChI=1S/C14H22FNO3S/c1-10(2)19-13-8-7-11(15)9-12(13)16(14(3,4)5)20(6,17)18/h7-10H,1-6H3. The summed E-state index contributed by atoms with van der Waals surface area (Å²) in [7, 11) is -3.56. The van der Waals surface area contributed by atoms with Gasteiger partial charge < -0.3 is 4.74 Å². The van der Waals surface area contributed by atoms with E-state index in [4.69, 9.17) is 4.74 Å². The fraction of sp³-hybridized carbons (Fsp3) is 0.571. The lowest BCUT2D eigenvalue weighted by molar-refractivity contribution is 0.242. The zero-order chi connectivity index (χ0) is 15.7. The molecule has 0 saturated heterocycles. The maximum Gasteiger partial charge on any atom is 0.232 e. The second-order valence-electron chi connectivity index (χ2n) is 5.98. The van der Waals surface area contributed by atoms with E-state index in [9.17, 15) is 12.8 Å². The Kier molecular flexibility index (Phi) is 4.69. The van der Waals surface area contributed by atoms with Gasteiger partial charge in [-0.1, -0.05) is 0 Å². The van der Waals surface area contributed by atoms with Gasteiger partial charge >= 0.3 is 0 Å². The summed E-state index contributed by atoms with van der Waals surface area (Å²) in [6.07, 6.45) is 0.961. The van der Waals surface area contributed by atoms with Crippen molar-refractivity contribution in [3.05, 3.63) is 24.0 Å². The van der Waals surface area contributed by atoms with E-state index in [1.54, 1.807) is 20.8 Å². The zero-order valence-electron chi connectivity index (χ0n) is 12.8. The molecular weight excluding hydrogens is 281 g/mol. The number of sulfonamides is 1. The van der Waals surface area contributed by atoms with Gasteiger partial charge in [-0.25, -0.2) is 12.8 Å². The quantitative estimate of drug-likeness (QED) is 0.858.